The maximum absolute atomic E-state index is 13.9. The Morgan fingerprint density at radius 2 is 1.88 bits per heavy atom. The fourth-order valence-corrected chi connectivity index (χ4v) is 5.43. The number of nitrogens with one attached hydrogen (secondary N) is 1. The lowest BCUT2D eigenvalue weighted by Gasteiger charge is -2.31. The Hall–Kier alpha value is -1.76. The summed E-state index contributed by atoms with van der Waals surface area (Å²) in [6, 6.07) is 11.2. The van der Waals surface area contributed by atoms with Crippen LogP contribution >= 0.6 is 35.0 Å². The first-order chi connectivity index (χ1) is 15.9. The molecule has 1 N–H and O–H groups in total. The van der Waals surface area contributed by atoms with Crippen molar-refractivity contribution in [3.63, 3.8) is 0 Å². The van der Waals surface area contributed by atoms with E-state index < -0.39 is 6.04 Å². The number of nitrogens with zero attached hydrogens (tertiary/aromatic N) is 1. The maximum atomic E-state index is 13.9. The Bertz CT molecular complexity index is 969. The van der Waals surface area contributed by atoms with E-state index in [9.17, 15) is 14.0 Å². The minimum atomic E-state index is -0.612. The van der Waals surface area contributed by atoms with Crippen molar-refractivity contribution in [2.45, 2.75) is 63.4 Å². The monoisotopic (exact) mass is 510 g/mol. The van der Waals surface area contributed by atoms with Crippen LogP contribution in [0.25, 0.3) is 0 Å². The lowest BCUT2D eigenvalue weighted by atomic mass is 10.1. The number of amides is 2. The third kappa shape index (κ3) is 7.36. The highest BCUT2D eigenvalue weighted by atomic mass is 35.5. The quantitative estimate of drug-likeness (QED) is 0.411. The predicted octanol–water partition coefficient (Wildman–Crippen LogP) is 6.23. The van der Waals surface area contributed by atoms with Crippen LogP contribution in [0.4, 0.5) is 4.39 Å². The highest BCUT2D eigenvalue weighted by molar-refractivity contribution is 7.99. The van der Waals surface area contributed by atoms with Gasteiger partial charge >= 0.3 is 0 Å². The number of carbonyl (C=O) groups is 2. The second kappa shape index (κ2) is 12.6. The Morgan fingerprint density at radius 1 is 1.15 bits per heavy atom. The van der Waals surface area contributed by atoms with Crippen LogP contribution in [0.15, 0.2) is 42.5 Å². The molecule has 0 saturated heterocycles. The predicted molar refractivity (Wildman–Crippen MR) is 134 cm³/mol. The lowest BCUT2D eigenvalue weighted by Crippen LogP contribution is -2.51. The number of hydrogen-bond acceptors (Lipinski definition) is 3. The van der Waals surface area contributed by atoms with Crippen molar-refractivity contribution >= 4 is 46.8 Å². The Balaban J connectivity index is 1.74. The standard InChI is InChI=1S/C25H29Cl2FN2O2S/c1-2-23(25(32)29-20-8-4-5-9-20)30(14-17-11-12-19(26)13-21(17)27)24(31)16-33-15-18-7-3-6-10-22(18)28/h3,6-7,10-13,20,23H,2,4-5,8-9,14-16H2,1H3,(H,29,32)/t23-/m0/s1. The molecular weight excluding hydrogens is 482 g/mol. The summed E-state index contributed by atoms with van der Waals surface area (Å²) < 4.78 is 13.9. The van der Waals surface area contributed by atoms with E-state index in [1.165, 1.54) is 17.8 Å². The summed E-state index contributed by atoms with van der Waals surface area (Å²) in [6.45, 7) is 2.10. The van der Waals surface area contributed by atoms with Crippen LogP contribution in [0.1, 0.15) is 50.2 Å². The molecule has 1 aliphatic carbocycles. The molecule has 2 amide bonds. The van der Waals surface area contributed by atoms with Gasteiger partial charge in [0, 0.05) is 28.4 Å². The van der Waals surface area contributed by atoms with Crippen LogP contribution < -0.4 is 5.32 Å². The average molecular weight is 511 g/mol. The minimum Gasteiger partial charge on any atom is -0.352 e. The van der Waals surface area contributed by atoms with Crippen molar-refractivity contribution in [2.24, 2.45) is 0 Å². The first-order valence-electron chi connectivity index (χ1n) is 11.2. The molecule has 1 atom stereocenters. The van der Waals surface area contributed by atoms with E-state index in [1.807, 2.05) is 6.92 Å². The van der Waals surface area contributed by atoms with E-state index >= 15 is 0 Å². The van der Waals surface area contributed by atoms with Gasteiger partial charge in [-0.1, -0.05) is 67.2 Å². The van der Waals surface area contributed by atoms with Gasteiger partial charge in [0.05, 0.1) is 5.75 Å². The van der Waals surface area contributed by atoms with E-state index in [4.69, 9.17) is 23.2 Å². The van der Waals surface area contributed by atoms with E-state index in [2.05, 4.69) is 5.32 Å². The lowest BCUT2D eigenvalue weighted by molar-refractivity contribution is -0.139. The van der Waals surface area contributed by atoms with Gasteiger partial charge in [-0.05, 0) is 48.6 Å². The molecule has 2 aromatic rings. The van der Waals surface area contributed by atoms with Crippen LogP contribution in [0.5, 0.6) is 0 Å². The van der Waals surface area contributed by atoms with Gasteiger partial charge in [0.25, 0.3) is 0 Å². The highest BCUT2D eigenvalue weighted by Crippen LogP contribution is 2.25. The normalized spacial score (nSPS) is 14.8. The minimum absolute atomic E-state index is 0.132. The topological polar surface area (TPSA) is 49.4 Å². The molecule has 0 spiro atoms. The number of benzene rings is 2. The van der Waals surface area contributed by atoms with Gasteiger partial charge in [-0.15, -0.1) is 11.8 Å². The zero-order valence-electron chi connectivity index (χ0n) is 18.7. The SMILES string of the molecule is CC[C@@H](C(=O)NC1CCCC1)N(Cc1ccc(Cl)cc1Cl)C(=O)CSCc1ccccc1F. The van der Waals surface area contributed by atoms with Crippen LogP contribution in [-0.4, -0.2) is 34.6 Å². The molecule has 3 rings (SSSR count). The average Bonchev–Trinajstić information content (AvgIpc) is 3.29. The molecule has 0 bridgehead atoms. The van der Waals surface area contributed by atoms with Crippen molar-refractivity contribution in [3.8, 4) is 0 Å². The smallest absolute Gasteiger partial charge is 0.243 e. The first kappa shape index (κ1) is 25.9. The molecule has 8 heteroatoms. The Kier molecular flexibility index (Phi) is 9.90. The molecule has 0 aliphatic heterocycles. The molecule has 0 radical (unpaired) electrons. The van der Waals surface area contributed by atoms with Crippen molar-refractivity contribution in [3.05, 3.63) is 69.5 Å². The molecule has 0 unspecified atom stereocenters. The van der Waals surface area contributed by atoms with Crippen molar-refractivity contribution in [1.29, 1.82) is 0 Å². The summed E-state index contributed by atoms with van der Waals surface area (Å²) >= 11 is 13.7. The van der Waals surface area contributed by atoms with Crippen LogP contribution in [0.3, 0.4) is 0 Å². The summed E-state index contributed by atoms with van der Waals surface area (Å²) in [5, 5.41) is 4.08. The van der Waals surface area contributed by atoms with Crippen LogP contribution in [0.2, 0.25) is 10.0 Å². The number of rotatable bonds is 10. The summed E-state index contributed by atoms with van der Waals surface area (Å²) in [4.78, 5) is 28.0. The molecule has 2 aromatic carbocycles. The van der Waals surface area contributed by atoms with Gasteiger partial charge < -0.3 is 10.2 Å². The molecule has 4 nitrogen and oxygen atoms in total. The number of halogens is 3. The molecule has 1 fully saturated rings. The van der Waals surface area contributed by atoms with Crippen molar-refractivity contribution in [1.82, 2.24) is 10.2 Å². The number of carbonyl (C=O) groups excluding carboxylic acids is 2. The third-order valence-corrected chi connectivity index (χ3v) is 7.44. The Labute approximate surface area is 209 Å². The van der Waals surface area contributed by atoms with Crippen LogP contribution in [0, 0.1) is 5.82 Å². The first-order valence-corrected chi connectivity index (χ1v) is 13.1. The van der Waals surface area contributed by atoms with Crippen molar-refractivity contribution in [2.75, 3.05) is 5.75 Å². The van der Waals surface area contributed by atoms with Crippen molar-refractivity contribution < 1.29 is 14.0 Å². The molecule has 0 aromatic heterocycles. The van der Waals surface area contributed by atoms with E-state index in [0.717, 1.165) is 31.2 Å². The summed E-state index contributed by atoms with van der Waals surface area (Å²) in [6.07, 6.45) is 4.64. The zero-order chi connectivity index (χ0) is 23.8. The molecule has 0 heterocycles. The highest BCUT2D eigenvalue weighted by Gasteiger charge is 2.31. The molecular formula is C25H29Cl2FN2O2S. The second-order valence-corrected chi connectivity index (χ2v) is 10.1. The fraction of sp³-hybridized carbons (Fsp3) is 0.440. The van der Waals surface area contributed by atoms with E-state index in [-0.39, 0.29) is 36.0 Å². The van der Waals surface area contributed by atoms with Gasteiger partial charge in [0.1, 0.15) is 11.9 Å². The van der Waals surface area contributed by atoms with Gasteiger partial charge in [-0.2, -0.15) is 0 Å². The number of thioether (sulfide) groups is 1. The number of hydrogen-bond donors (Lipinski definition) is 1. The molecule has 178 valence electrons. The third-order valence-electron chi connectivity index (χ3n) is 5.88. The molecule has 1 saturated carbocycles. The van der Waals surface area contributed by atoms with Crippen LogP contribution in [-0.2, 0) is 21.9 Å². The van der Waals surface area contributed by atoms with Gasteiger partial charge in [-0.3, -0.25) is 9.59 Å². The van der Waals surface area contributed by atoms with Gasteiger partial charge in [-0.25, -0.2) is 4.39 Å². The Morgan fingerprint density at radius 3 is 2.55 bits per heavy atom. The largest absolute Gasteiger partial charge is 0.352 e. The molecule has 1 aliphatic rings. The summed E-state index contributed by atoms with van der Waals surface area (Å²) in [5.74, 6) is -0.103. The maximum Gasteiger partial charge on any atom is 0.243 e. The summed E-state index contributed by atoms with van der Waals surface area (Å²) in [7, 11) is 0. The fourth-order valence-electron chi connectivity index (χ4n) is 4.07. The van der Waals surface area contributed by atoms with Gasteiger partial charge in [0.15, 0.2) is 0 Å². The van der Waals surface area contributed by atoms with E-state index in [1.54, 1.807) is 41.3 Å². The van der Waals surface area contributed by atoms with Gasteiger partial charge in [0.2, 0.25) is 11.8 Å². The summed E-state index contributed by atoms with van der Waals surface area (Å²) in [5.41, 5.74) is 1.27. The second-order valence-electron chi connectivity index (χ2n) is 8.26. The molecule has 33 heavy (non-hydrogen) atoms. The zero-order valence-corrected chi connectivity index (χ0v) is 21.0. The van der Waals surface area contributed by atoms with E-state index in [0.29, 0.717) is 27.8 Å².